The van der Waals surface area contributed by atoms with Gasteiger partial charge in [0.1, 0.15) is 5.52 Å². The number of pyridine rings is 3. The van der Waals surface area contributed by atoms with Gasteiger partial charge in [0, 0.05) is 49.7 Å². The molecule has 0 saturated carbocycles. The molecule has 9 heteroatoms. The molecule has 32 heavy (non-hydrogen) atoms. The molecule has 1 aliphatic rings. The van der Waals surface area contributed by atoms with E-state index >= 15 is 0 Å². The molecule has 0 unspecified atom stereocenters. The minimum Gasteiger partial charge on any atom is -0.343 e. The van der Waals surface area contributed by atoms with Gasteiger partial charge in [-0.05, 0) is 44.0 Å². The van der Waals surface area contributed by atoms with Crippen molar-refractivity contribution in [1.29, 1.82) is 0 Å². The number of likely N-dealkylation sites (tertiary alicyclic amines) is 1. The number of hydrogen-bond acceptors (Lipinski definition) is 6. The minimum atomic E-state index is -0.485. The fourth-order valence-electron chi connectivity index (χ4n) is 4.36. The fourth-order valence-corrected chi connectivity index (χ4v) is 4.36. The predicted octanol–water partition coefficient (Wildman–Crippen LogP) is 2.19. The normalized spacial score (nSPS) is 14.9. The highest BCUT2D eigenvalue weighted by molar-refractivity contribution is 6.01. The van der Waals surface area contributed by atoms with Crippen LogP contribution in [0.25, 0.3) is 33.2 Å². The Balaban J connectivity index is 1.74. The van der Waals surface area contributed by atoms with Crippen LogP contribution in [0.4, 0.5) is 0 Å². The van der Waals surface area contributed by atoms with Crippen molar-refractivity contribution in [3.05, 3.63) is 63.2 Å². The van der Waals surface area contributed by atoms with Crippen LogP contribution in [-0.4, -0.2) is 48.4 Å². The van der Waals surface area contributed by atoms with Crippen LogP contribution in [0.15, 0.2) is 46.2 Å². The summed E-state index contributed by atoms with van der Waals surface area (Å²) in [4.78, 5) is 55.1. The second-order valence-corrected chi connectivity index (χ2v) is 8.14. The number of nitrogens with one attached hydrogen (secondary N) is 1. The lowest BCUT2D eigenvalue weighted by Gasteiger charge is -2.32. The number of rotatable bonds is 2. The SMILES string of the molecule is CC(=O)N1CCC(n2c(=O)[nH]c(=O)c3cnc4ccc(-c5ccc(C)nc5)nc4c32)CC1. The topological polar surface area (TPSA) is 114 Å². The smallest absolute Gasteiger partial charge is 0.329 e. The number of aromatic nitrogens is 5. The Hall–Kier alpha value is -3.88. The van der Waals surface area contributed by atoms with Crippen LogP contribution >= 0.6 is 0 Å². The van der Waals surface area contributed by atoms with Crippen molar-refractivity contribution in [3.63, 3.8) is 0 Å². The third-order valence-electron chi connectivity index (χ3n) is 6.09. The minimum absolute atomic E-state index is 0.0230. The molecule has 1 N–H and O–H groups in total. The Morgan fingerprint density at radius 2 is 1.84 bits per heavy atom. The monoisotopic (exact) mass is 430 g/mol. The quantitative estimate of drug-likeness (QED) is 0.488. The standard InChI is InChI=1S/C23H22N6O3/c1-13-3-4-15(11-24-13)18-5-6-19-20(26-18)21-17(12-25-19)22(31)27-23(32)29(21)16-7-9-28(10-8-16)14(2)30/h3-6,11-12,16H,7-10H2,1-2H3,(H,27,31,32). The lowest BCUT2D eigenvalue weighted by molar-refractivity contribution is -0.130. The lowest BCUT2D eigenvalue weighted by atomic mass is 10.0. The zero-order valence-electron chi connectivity index (χ0n) is 17.8. The molecular weight excluding hydrogens is 408 g/mol. The average molecular weight is 430 g/mol. The van der Waals surface area contributed by atoms with E-state index in [1.807, 2.05) is 31.2 Å². The first-order chi connectivity index (χ1) is 15.4. The van der Waals surface area contributed by atoms with Gasteiger partial charge < -0.3 is 4.90 Å². The van der Waals surface area contributed by atoms with Gasteiger partial charge in [0.25, 0.3) is 5.56 Å². The first kappa shape index (κ1) is 20.0. The Kier molecular flexibility index (Phi) is 4.80. The van der Waals surface area contributed by atoms with Crippen molar-refractivity contribution in [2.45, 2.75) is 32.7 Å². The van der Waals surface area contributed by atoms with Crippen molar-refractivity contribution >= 4 is 27.8 Å². The molecule has 5 rings (SSSR count). The van der Waals surface area contributed by atoms with Gasteiger partial charge in [-0.3, -0.25) is 29.1 Å². The summed E-state index contributed by atoms with van der Waals surface area (Å²) in [7, 11) is 0. The molecule has 5 heterocycles. The van der Waals surface area contributed by atoms with E-state index in [-0.39, 0.29) is 11.9 Å². The number of piperidine rings is 1. The molecule has 0 bridgehead atoms. The zero-order chi connectivity index (χ0) is 22.4. The van der Waals surface area contributed by atoms with E-state index in [1.54, 1.807) is 22.6 Å². The molecule has 0 aromatic carbocycles. The maximum absolute atomic E-state index is 13.0. The van der Waals surface area contributed by atoms with Gasteiger partial charge in [0.15, 0.2) is 0 Å². The highest BCUT2D eigenvalue weighted by Gasteiger charge is 2.26. The molecular formula is C23H22N6O3. The van der Waals surface area contributed by atoms with Crippen LogP contribution in [0, 0.1) is 6.92 Å². The second-order valence-electron chi connectivity index (χ2n) is 8.14. The average Bonchev–Trinajstić information content (AvgIpc) is 2.79. The van der Waals surface area contributed by atoms with E-state index in [9.17, 15) is 14.4 Å². The van der Waals surface area contributed by atoms with E-state index in [1.165, 1.54) is 6.20 Å². The summed E-state index contributed by atoms with van der Waals surface area (Å²) >= 11 is 0. The number of carbonyl (C=O) groups is 1. The summed E-state index contributed by atoms with van der Waals surface area (Å²) in [5, 5.41) is 0.317. The summed E-state index contributed by atoms with van der Waals surface area (Å²) in [6, 6.07) is 7.38. The number of nitrogens with zero attached hydrogens (tertiary/aromatic N) is 5. The number of aromatic amines is 1. The highest BCUT2D eigenvalue weighted by Crippen LogP contribution is 2.28. The van der Waals surface area contributed by atoms with Gasteiger partial charge in [0.2, 0.25) is 5.91 Å². The summed E-state index contributed by atoms with van der Waals surface area (Å²) < 4.78 is 1.63. The third-order valence-corrected chi connectivity index (χ3v) is 6.09. The number of amides is 1. The number of fused-ring (bicyclic) bond motifs is 3. The van der Waals surface area contributed by atoms with E-state index < -0.39 is 11.2 Å². The molecule has 1 saturated heterocycles. The van der Waals surface area contributed by atoms with Gasteiger partial charge in [-0.25, -0.2) is 9.78 Å². The van der Waals surface area contributed by atoms with Crippen molar-refractivity contribution in [1.82, 2.24) is 29.4 Å². The third kappa shape index (κ3) is 3.35. The maximum atomic E-state index is 13.0. The van der Waals surface area contributed by atoms with Crippen LogP contribution in [0.5, 0.6) is 0 Å². The Labute approximate surface area is 182 Å². The van der Waals surface area contributed by atoms with Crippen molar-refractivity contribution < 1.29 is 4.79 Å². The van der Waals surface area contributed by atoms with Gasteiger partial charge in [-0.2, -0.15) is 0 Å². The molecule has 9 nitrogen and oxygen atoms in total. The van der Waals surface area contributed by atoms with Crippen molar-refractivity contribution in [2.24, 2.45) is 0 Å². The summed E-state index contributed by atoms with van der Waals surface area (Å²) in [5.74, 6) is 0.0230. The molecule has 1 amide bonds. The van der Waals surface area contributed by atoms with Gasteiger partial charge >= 0.3 is 5.69 Å². The van der Waals surface area contributed by atoms with Crippen LogP contribution in [0.1, 0.15) is 31.5 Å². The van der Waals surface area contributed by atoms with Crippen LogP contribution in [0.3, 0.4) is 0 Å². The second kappa shape index (κ2) is 7.67. The Morgan fingerprint density at radius 1 is 1.06 bits per heavy atom. The molecule has 4 aromatic heterocycles. The molecule has 4 aromatic rings. The molecule has 0 atom stereocenters. The Bertz CT molecular complexity index is 1460. The molecule has 0 spiro atoms. The number of hydrogen-bond donors (Lipinski definition) is 1. The molecule has 1 fully saturated rings. The maximum Gasteiger partial charge on any atom is 0.329 e. The molecule has 162 valence electrons. The van der Waals surface area contributed by atoms with E-state index in [2.05, 4.69) is 15.0 Å². The van der Waals surface area contributed by atoms with Gasteiger partial charge in [-0.1, -0.05) is 0 Å². The van der Waals surface area contributed by atoms with E-state index in [0.29, 0.717) is 53.6 Å². The number of aryl methyl sites for hydroxylation is 1. The lowest BCUT2D eigenvalue weighted by Crippen LogP contribution is -2.41. The molecule has 0 aliphatic carbocycles. The summed E-state index contributed by atoms with van der Waals surface area (Å²) in [6.07, 6.45) is 4.48. The van der Waals surface area contributed by atoms with Crippen LogP contribution in [-0.2, 0) is 4.79 Å². The number of carbonyl (C=O) groups excluding carboxylic acids is 1. The Morgan fingerprint density at radius 3 is 2.53 bits per heavy atom. The van der Waals surface area contributed by atoms with E-state index in [4.69, 9.17) is 4.98 Å². The summed E-state index contributed by atoms with van der Waals surface area (Å²) in [6.45, 7) is 4.58. The number of H-pyrrole nitrogens is 1. The van der Waals surface area contributed by atoms with Crippen LogP contribution < -0.4 is 11.2 Å². The van der Waals surface area contributed by atoms with Gasteiger partial charge in [-0.15, -0.1) is 0 Å². The largest absolute Gasteiger partial charge is 0.343 e. The van der Waals surface area contributed by atoms with E-state index in [0.717, 1.165) is 11.3 Å². The first-order valence-corrected chi connectivity index (χ1v) is 10.5. The first-order valence-electron chi connectivity index (χ1n) is 10.5. The highest BCUT2D eigenvalue weighted by atomic mass is 16.2. The molecule has 1 aliphatic heterocycles. The van der Waals surface area contributed by atoms with Crippen molar-refractivity contribution in [3.8, 4) is 11.3 Å². The van der Waals surface area contributed by atoms with Gasteiger partial charge in [0.05, 0.1) is 22.1 Å². The predicted molar refractivity (Wildman–Crippen MR) is 120 cm³/mol. The summed E-state index contributed by atoms with van der Waals surface area (Å²) in [5.41, 5.74) is 3.04. The van der Waals surface area contributed by atoms with Crippen molar-refractivity contribution in [2.75, 3.05) is 13.1 Å². The fraction of sp³-hybridized carbons (Fsp3) is 0.304. The van der Waals surface area contributed by atoms with Crippen LogP contribution in [0.2, 0.25) is 0 Å². The zero-order valence-corrected chi connectivity index (χ0v) is 17.8. The molecule has 0 radical (unpaired) electrons.